The third kappa shape index (κ3) is 9.78. The molecule has 0 aromatic carbocycles. The van der Waals surface area contributed by atoms with E-state index in [-0.39, 0.29) is 31.1 Å². The molecule has 39 heavy (non-hydrogen) atoms. The quantitative estimate of drug-likeness (QED) is 0.392. The molecule has 1 aliphatic heterocycles. The maximum atomic E-state index is 12.4. The fraction of sp³-hybridized carbons (Fsp3) is 0.375. The number of carbonyl (C=O) groups excluding carboxylic acids is 2. The summed E-state index contributed by atoms with van der Waals surface area (Å²) in [5, 5.41) is 25.6. The fourth-order valence-electron chi connectivity index (χ4n) is 3.41. The van der Waals surface area contributed by atoms with Gasteiger partial charge in [0.2, 0.25) is 0 Å². The number of ether oxygens (including phenoxy) is 3. The van der Waals surface area contributed by atoms with Crippen molar-refractivity contribution in [2.45, 2.75) is 45.8 Å². The number of rotatable bonds is 5. The van der Waals surface area contributed by atoms with Crippen molar-refractivity contribution in [1.29, 1.82) is 5.26 Å². The van der Waals surface area contributed by atoms with Gasteiger partial charge in [-0.15, -0.1) is 0 Å². The lowest BCUT2D eigenvalue weighted by atomic mass is 10.1. The number of aliphatic carboxylic acids is 2. The summed E-state index contributed by atoms with van der Waals surface area (Å²) in [6.45, 7) is 7.67. The van der Waals surface area contributed by atoms with Crippen LogP contribution < -0.4 is 5.73 Å². The first-order valence-corrected chi connectivity index (χ1v) is 11.4. The topological polar surface area (TPSA) is 221 Å². The van der Waals surface area contributed by atoms with Crippen LogP contribution in [0.5, 0.6) is 0 Å². The summed E-state index contributed by atoms with van der Waals surface area (Å²) >= 11 is 0. The van der Waals surface area contributed by atoms with Gasteiger partial charge in [0.1, 0.15) is 30.2 Å². The van der Waals surface area contributed by atoms with Crippen LogP contribution in [0, 0.1) is 11.8 Å². The fourth-order valence-corrected chi connectivity index (χ4v) is 3.41. The number of carboxylic acids is 2. The van der Waals surface area contributed by atoms with Crippen LogP contribution in [0.4, 0.5) is 10.6 Å². The van der Waals surface area contributed by atoms with Gasteiger partial charge in [-0.25, -0.2) is 28.9 Å². The molecular weight excluding hydrogens is 516 g/mol. The van der Waals surface area contributed by atoms with Gasteiger partial charge in [-0.2, -0.15) is 5.10 Å². The molecule has 0 radical (unpaired) electrons. The second-order valence-electron chi connectivity index (χ2n) is 7.62. The Kier molecular flexibility index (Phi) is 13.1. The van der Waals surface area contributed by atoms with Crippen LogP contribution >= 0.6 is 0 Å². The van der Waals surface area contributed by atoms with Crippen LogP contribution in [0.25, 0.3) is 5.52 Å². The van der Waals surface area contributed by atoms with Crippen molar-refractivity contribution >= 4 is 35.3 Å². The Morgan fingerprint density at radius 1 is 1.13 bits per heavy atom. The molecule has 4 rings (SSSR count). The molecule has 0 aliphatic carbocycles. The Morgan fingerprint density at radius 3 is 2.38 bits per heavy atom. The molecule has 210 valence electrons. The lowest BCUT2D eigenvalue weighted by Crippen LogP contribution is -2.24. The summed E-state index contributed by atoms with van der Waals surface area (Å²) in [5.41, 5.74) is 7.59. The summed E-state index contributed by atoms with van der Waals surface area (Å²) < 4.78 is 19.2. The van der Waals surface area contributed by atoms with E-state index in [0.717, 1.165) is 42.5 Å². The first-order chi connectivity index (χ1) is 18.5. The van der Waals surface area contributed by atoms with E-state index in [1.165, 1.54) is 18.6 Å². The number of nitrogens with two attached hydrogens (primary N) is 1. The van der Waals surface area contributed by atoms with Gasteiger partial charge in [0.25, 0.3) is 11.9 Å². The van der Waals surface area contributed by atoms with E-state index in [1.807, 2.05) is 12.1 Å². The second-order valence-corrected chi connectivity index (χ2v) is 7.62. The molecule has 3 aromatic heterocycles. The minimum Gasteiger partial charge on any atom is -0.481 e. The van der Waals surface area contributed by atoms with Crippen LogP contribution in [-0.4, -0.2) is 72.7 Å². The number of fused-ring (bicyclic) bond motifs is 1. The zero-order chi connectivity index (χ0) is 29.5. The third-order valence-corrected chi connectivity index (χ3v) is 4.77. The van der Waals surface area contributed by atoms with Gasteiger partial charge < -0.3 is 30.2 Å². The third-order valence-electron chi connectivity index (χ3n) is 4.77. The number of anilines is 1. The van der Waals surface area contributed by atoms with E-state index in [9.17, 15) is 9.59 Å². The molecule has 2 atom stereocenters. The summed E-state index contributed by atoms with van der Waals surface area (Å²) in [5.74, 6) is -1.84. The second kappa shape index (κ2) is 16.0. The molecule has 0 amide bonds. The van der Waals surface area contributed by atoms with E-state index >= 15 is 0 Å². The number of nitriles is 1. The number of esters is 1. The highest BCUT2D eigenvalue weighted by Gasteiger charge is 2.30. The minimum absolute atomic E-state index is 0.0796. The van der Waals surface area contributed by atoms with Crippen molar-refractivity contribution in [2.75, 3.05) is 18.9 Å². The van der Waals surface area contributed by atoms with Crippen LogP contribution in [0.1, 0.15) is 55.9 Å². The van der Waals surface area contributed by atoms with Crippen LogP contribution in [0.2, 0.25) is 0 Å². The predicted molar refractivity (Wildman–Crippen MR) is 135 cm³/mol. The summed E-state index contributed by atoms with van der Waals surface area (Å²) in [7, 11) is 0. The first kappa shape index (κ1) is 32.1. The molecule has 1 aliphatic rings. The van der Waals surface area contributed by atoms with Crippen LogP contribution in [0.15, 0.2) is 36.8 Å². The van der Waals surface area contributed by atoms with Gasteiger partial charge in [-0.3, -0.25) is 9.59 Å². The average Bonchev–Trinajstić information content (AvgIpc) is 3.63. The van der Waals surface area contributed by atoms with Crippen molar-refractivity contribution in [2.24, 2.45) is 0 Å². The SMILES string of the molecule is C#N.CC(=O)O.CC(=O)O.CCOC(=O)c1cccn1C(=O)OCC1CCC(c2ccc3c(N)ncnn23)O1. The number of carboxylic acid groups (broad SMARTS) is 2. The highest BCUT2D eigenvalue weighted by Crippen LogP contribution is 2.34. The predicted octanol–water partition coefficient (Wildman–Crippen LogP) is 2.52. The number of nitrogens with zero attached hydrogens (tertiary/aromatic N) is 5. The minimum atomic E-state index is -0.833. The lowest BCUT2D eigenvalue weighted by Gasteiger charge is -2.15. The van der Waals surface area contributed by atoms with Gasteiger partial charge in [-0.05, 0) is 44.0 Å². The zero-order valence-electron chi connectivity index (χ0n) is 21.6. The summed E-state index contributed by atoms with van der Waals surface area (Å²) in [6, 6.07) is 6.85. The van der Waals surface area contributed by atoms with E-state index < -0.39 is 24.0 Å². The normalized spacial score (nSPS) is 15.3. The Bertz CT molecular complexity index is 1260. The number of carbonyl (C=O) groups is 4. The lowest BCUT2D eigenvalue weighted by molar-refractivity contribution is -0.135. The maximum Gasteiger partial charge on any atom is 0.418 e. The molecule has 1 saturated heterocycles. The smallest absolute Gasteiger partial charge is 0.418 e. The monoisotopic (exact) mass is 546 g/mol. The van der Waals surface area contributed by atoms with Crippen molar-refractivity contribution in [3.05, 3.63) is 48.2 Å². The van der Waals surface area contributed by atoms with Crippen molar-refractivity contribution < 1.29 is 43.6 Å². The maximum absolute atomic E-state index is 12.4. The number of nitrogen functional groups attached to an aromatic ring is 1. The summed E-state index contributed by atoms with van der Waals surface area (Å²) in [4.78, 5) is 46.2. The van der Waals surface area contributed by atoms with Crippen molar-refractivity contribution in [3.8, 4) is 6.57 Å². The van der Waals surface area contributed by atoms with Crippen molar-refractivity contribution in [1.82, 2.24) is 19.2 Å². The molecule has 0 saturated carbocycles. The molecule has 1 fully saturated rings. The molecule has 4 N–H and O–H groups in total. The standard InChI is InChI=1S/C19H21N5O5.2C2H4O2.CHN/c1-2-27-18(25)15-4-3-9-23(15)19(26)28-10-12-5-8-16(29-12)13-6-7-14-17(20)21-11-22-24(13)14;2*1-2(3)4;1-2/h3-4,6-7,9,11-12,16H,2,5,8,10H2,1H3,(H2,20,21,22);2*1H3,(H,3,4);1H. The molecule has 15 nitrogen and oxygen atoms in total. The summed E-state index contributed by atoms with van der Waals surface area (Å²) in [6.07, 6.45) is 3.26. The van der Waals surface area contributed by atoms with Gasteiger partial charge in [-0.1, -0.05) is 0 Å². The van der Waals surface area contributed by atoms with Gasteiger partial charge in [0, 0.05) is 26.6 Å². The van der Waals surface area contributed by atoms with E-state index in [1.54, 1.807) is 17.5 Å². The molecule has 4 heterocycles. The molecule has 15 heteroatoms. The van der Waals surface area contributed by atoms with Crippen LogP contribution in [0.3, 0.4) is 0 Å². The van der Waals surface area contributed by atoms with Gasteiger partial charge >= 0.3 is 12.1 Å². The number of hydrogen-bond acceptors (Lipinski definition) is 11. The van der Waals surface area contributed by atoms with E-state index in [4.69, 9.17) is 45.0 Å². The Hall–Kier alpha value is -4.97. The van der Waals surface area contributed by atoms with E-state index in [2.05, 4.69) is 16.7 Å². The molecule has 3 aromatic rings. The van der Waals surface area contributed by atoms with E-state index in [0.29, 0.717) is 5.82 Å². The van der Waals surface area contributed by atoms with Gasteiger partial charge in [0.05, 0.1) is 18.4 Å². The number of hydrogen-bond donors (Lipinski definition) is 3. The van der Waals surface area contributed by atoms with Crippen molar-refractivity contribution in [3.63, 3.8) is 0 Å². The van der Waals surface area contributed by atoms with Crippen LogP contribution in [-0.2, 0) is 23.8 Å². The largest absolute Gasteiger partial charge is 0.481 e. The Morgan fingerprint density at radius 2 is 1.77 bits per heavy atom. The molecule has 0 bridgehead atoms. The highest BCUT2D eigenvalue weighted by molar-refractivity contribution is 5.92. The highest BCUT2D eigenvalue weighted by atomic mass is 16.6. The number of aromatic nitrogens is 4. The Labute approximate surface area is 223 Å². The molecule has 2 unspecified atom stereocenters. The first-order valence-electron chi connectivity index (χ1n) is 11.4. The Balaban J connectivity index is 0.000000663. The molecular formula is C24H30N6O9. The zero-order valence-corrected chi connectivity index (χ0v) is 21.6. The average molecular weight is 547 g/mol. The molecule has 0 spiro atoms. The van der Waals surface area contributed by atoms with Gasteiger partial charge in [0.15, 0.2) is 5.82 Å².